The van der Waals surface area contributed by atoms with Crippen molar-refractivity contribution in [3.63, 3.8) is 0 Å². The first-order valence-corrected chi connectivity index (χ1v) is 14.4. The SMILES string of the molecule is CCCCCCCCCc1cccc(CCCCCCCCC)c1Cc1coc2ccccc12. The Balaban J connectivity index is 1.64. The smallest absolute Gasteiger partial charge is 0.134 e. The van der Waals surface area contributed by atoms with Gasteiger partial charge < -0.3 is 4.42 Å². The fourth-order valence-corrected chi connectivity index (χ4v) is 5.29. The van der Waals surface area contributed by atoms with E-state index in [0.717, 1.165) is 12.0 Å². The quantitative estimate of drug-likeness (QED) is 0.172. The van der Waals surface area contributed by atoms with Crippen LogP contribution in [-0.4, -0.2) is 0 Å². The molecule has 34 heavy (non-hydrogen) atoms. The third kappa shape index (κ3) is 8.64. The summed E-state index contributed by atoms with van der Waals surface area (Å²) in [7, 11) is 0. The van der Waals surface area contributed by atoms with E-state index in [1.54, 1.807) is 16.7 Å². The van der Waals surface area contributed by atoms with Crippen molar-refractivity contribution in [2.45, 2.75) is 123 Å². The van der Waals surface area contributed by atoms with Gasteiger partial charge in [-0.25, -0.2) is 0 Å². The molecule has 1 heterocycles. The highest BCUT2D eigenvalue weighted by Gasteiger charge is 2.13. The Morgan fingerprint density at radius 1 is 0.529 bits per heavy atom. The van der Waals surface area contributed by atoms with Crippen molar-refractivity contribution in [1.82, 2.24) is 0 Å². The van der Waals surface area contributed by atoms with Gasteiger partial charge in [0.25, 0.3) is 0 Å². The van der Waals surface area contributed by atoms with Gasteiger partial charge in [-0.3, -0.25) is 0 Å². The van der Waals surface area contributed by atoms with Crippen molar-refractivity contribution in [2.75, 3.05) is 0 Å². The van der Waals surface area contributed by atoms with Gasteiger partial charge in [-0.05, 0) is 48.4 Å². The zero-order valence-corrected chi connectivity index (χ0v) is 22.0. The van der Waals surface area contributed by atoms with E-state index < -0.39 is 0 Å². The van der Waals surface area contributed by atoms with E-state index in [1.165, 1.54) is 114 Å². The van der Waals surface area contributed by atoms with Crippen LogP contribution in [0.1, 0.15) is 126 Å². The lowest BCUT2D eigenvalue weighted by molar-refractivity contribution is 0.586. The molecule has 1 aromatic heterocycles. The second-order valence-electron chi connectivity index (χ2n) is 10.2. The third-order valence-corrected chi connectivity index (χ3v) is 7.40. The number of unbranched alkanes of at least 4 members (excludes halogenated alkanes) is 12. The summed E-state index contributed by atoms with van der Waals surface area (Å²) in [6, 6.07) is 15.6. The fraction of sp³-hybridized carbons (Fsp3) is 0.576. The third-order valence-electron chi connectivity index (χ3n) is 7.40. The van der Waals surface area contributed by atoms with E-state index in [-0.39, 0.29) is 0 Å². The normalized spacial score (nSPS) is 11.5. The molecule has 3 rings (SSSR count). The predicted octanol–water partition coefficient (Wildman–Crippen LogP) is 10.6. The van der Waals surface area contributed by atoms with Gasteiger partial charge in [-0.2, -0.15) is 0 Å². The van der Waals surface area contributed by atoms with Crippen molar-refractivity contribution in [2.24, 2.45) is 0 Å². The molecule has 0 aliphatic rings. The number of fused-ring (bicyclic) bond motifs is 1. The first kappa shape index (κ1) is 26.6. The molecule has 2 aromatic carbocycles. The average Bonchev–Trinajstić information content (AvgIpc) is 3.27. The van der Waals surface area contributed by atoms with Crippen molar-refractivity contribution < 1.29 is 4.42 Å². The van der Waals surface area contributed by atoms with E-state index >= 15 is 0 Å². The van der Waals surface area contributed by atoms with Crippen LogP contribution in [0.4, 0.5) is 0 Å². The molecule has 0 aliphatic carbocycles. The molecule has 0 radical (unpaired) electrons. The molecule has 0 saturated heterocycles. The number of rotatable bonds is 18. The zero-order valence-electron chi connectivity index (χ0n) is 22.0. The van der Waals surface area contributed by atoms with Crippen LogP contribution in [0.25, 0.3) is 11.0 Å². The maximum atomic E-state index is 5.89. The molecule has 3 aromatic rings. The molecule has 0 fully saturated rings. The average molecular weight is 461 g/mol. The molecule has 0 spiro atoms. The van der Waals surface area contributed by atoms with Crippen LogP contribution in [0.2, 0.25) is 0 Å². The van der Waals surface area contributed by atoms with Crippen molar-refractivity contribution in [3.05, 3.63) is 71.0 Å². The maximum Gasteiger partial charge on any atom is 0.134 e. The number of hydrogen-bond acceptors (Lipinski definition) is 1. The molecular formula is C33H48O. The Morgan fingerprint density at radius 2 is 1.06 bits per heavy atom. The van der Waals surface area contributed by atoms with E-state index in [0.29, 0.717) is 0 Å². The summed E-state index contributed by atoms with van der Waals surface area (Å²) in [5.74, 6) is 0. The lowest BCUT2D eigenvalue weighted by Gasteiger charge is -2.15. The standard InChI is InChI=1S/C33H48O/c1-3-5-7-9-11-13-15-20-28-22-19-23-29(21-16-14-12-10-8-6-4-2)32(28)26-30-27-34-33-25-18-17-24-31(30)33/h17-19,22-25,27H,3-16,20-21,26H2,1-2H3. The first-order valence-electron chi connectivity index (χ1n) is 14.4. The van der Waals surface area contributed by atoms with Gasteiger partial charge >= 0.3 is 0 Å². The van der Waals surface area contributed by atoms with Crippen LogP contribution in [0.15, 0.2) is 53.1 Å². The van der Waals surface area contributed by atoms with Gasteiger partial charge in [0.1, 0.15) is 5.58 Å². The number of furan rings is 1. The van der Waals surface area contributed by atoms with E-state index in [4.69, 9.17) is 4.42 Å². The van der Waals surface area contributed by atoms with Gasteiger partial charge in [0.15, 0.2) is 0 Å². The largest absolute Gasteiger partial charge is 0.464 e. The second kappa shape index (κ2) is 15.8. The highest BCUT2D eigenvalue weighted by Crippen LogP contribution is 2.28. The number of hydrogen-bond donors (Lipinski definition) is 0. The molecule has 0 aliphatic heterocycles. The van der Waals surface area contributed by atoms with Gasteiger partial charge in [0, 0.05) is 17.4 Å². The summed E-state index contributed by atoms with van der Waals surface area (Å²) in [6.45, 7) is 4.59. The lowest BCUT2D eigenvalue weighted by Crippen LogP contribution is -2.02. The number of aryl methyl sites for hydroxylation is 2. The van der Waals surface area contributed by atoms with Crippen molar-refractivity contribution in [1.29, 1.82) is 0 Å². The van der Waals surface area contributed by atoms with Gasteiger partial charge in [-0.15, -0.1) is 0 Å². The summed E-state index contributed by atoms with van der Waals surface area (Å²) in [4.78, 5) is 0. The van der Waals surface area contributed by atoms with Gasteiger partial charge in [0.05, 0.1) is 6.26 Å². The van der Waals surface area contributed by atoms with Crippen LogP contribution in [0, 0.1) is 0 Å². The Kier molecular flexibility index (Phi) is 12.4. The Morgan fingerprint density at radius 3 is 1.65 bits per heavy atom. The van der Waals surface area contributed by atoms with Gasteiger partial charge in [0.2, 0.25) is 0 Å². The summed E-state index contributed by atoms with van der Waals surface area (Å²) in [6.07, 6.45) is 24.6. The lowest BCUT2D eigenvalue weighted by atomic mass is 9.89. The van der Waals surface area contributed by atoms with Crippen LogP contribution in [-0.2, 0) is 19.3 Å². The van der Waals surface area contributed by atoms with Crippen LogP contribution >= 0.6 is 0 Å². The molecule has 0 amide bonds. The van der Waals surface area contributed by atoms with E-state index in [2.05, 4.69) is 56.3 Å². The molecule has 186 valence electrons. The Bertz CT molecular complexity index is 898. The van der Waals surface area contributed by atoms with E-state index in [9.17, 15) is 0 Å². The minimum Gasteiger partial charge on any atom is -0.464 e. The summed E-state index contributed by atoms with van der Waals surface area (Å²) in [5.41, 5.74) is 7.06. The Hall–Kier alpha value is -2.02. The fourth-order valence-electron chi connectivity index (χ4n) is 5.29. The van der Waals surface area contributed by atoms with Crippen LogP contribution in [0.3, 0.4) is 0 Å². The summed E-state index contributed by atoms with van der Waals surface area (Å²) >= 11 is 0. The van der Waals surface area contributed by atoms with Crippen LogP contribution < -0.4 is 0 Å². The van der Waals surface area contributed by atoms with E-state index in [1.807, 2.05) is 6.26 Å². The molecule has 1 nitrogen and oxygen atoms in total. The van der Waals surface area contributed by atoms with Crippen molar-refractivity contribution in [3.8, 4) is 0 Å². The highest BCUT2D eigenvalue weighted by molar-refractivity contribution is 5.81. The topological polar surface area (TPSA) is 13.1 Å². The monoisotopic (exact) mass is 460 g/mol. The van der Waals surface area contributed by atoms with Crippen molar-refractivity contribution >= 4 is 11.0 Å². The molecule has 0 bridgehead atoms. The number of para-hydroxylation sites is 1. The maximum absolute atomic E-state index is 5.89. The second-order valence-corrected chi connectivity index (χ2v) is 10.2. The molecular weight excluding hydrogens is 412 g/mol. The summed E-state index contributed by atoms with van der Waals surface area (Å²) < 4.78 is 5.89. The molecule has 0 atom stereocenters. The van der Waals surface area contributed by atoms with Crippen LogP contribution in [0.5, 0.6) is 0 Å². The van der Waals surface area contributed by atoms with Gasteiger partial charge in [-0.1, -0.05) is 127 Å². The molecule has 0 saturated carbocycles. The molecule has 1 heteroatoms. The zero-order chi connectivity index (χ0) is 23.8. The number of benzene rings is 2. The molecule has 0 unspecified atom stereocenters. The first-order chi connectivity index (χ1) is 16.8. The minimum absolute atomic E-state index is 0.996. The predicted molar refractivity (Wildman–Crippen MR) is 149 cm³/mol. The Labute approximate surface area is 209 Å². The molecule has 0 N–H and O–H groups in total. The highest BCUT2D eigenvalue weighted by atomic mass is 16.3. The minimum atomic E-state index is 0.996. The summed E-state index contributed by atoms with van der Waals surface area (Å²) in [5, 5.41) is 1.27.